The fourth-order valence-corrected chi connectivity index (χ4v) is 4.16. The Bertz CT molecular complexity index is 746. The average Bonchev–Trinajstić information content (AvgIpc) is 2.86. The van der Waals surface area contributed by atoms with Crippen LogP contribution in [0.3, 0.4) is 0 Å². The number of fused-ring (bicyclic) bond motifs is 4. The summed E-state index contributed by atoms with van der Waals surface area (Å²) in [4.78, 5) is 8.46. The molecule has 4 bridgehead atoms. The lowest BCUT2D eigenvalue weighted by Crippen LogP contribution is -2.28. The number of nitrogens with one attached hydrogen (secondary N) is 3. The van der Waals surface area contributed by atoms with Crippen molar-refractivity contribution >= 4 is 54.7 Å². The molecule has 0 amide bonds. The monoisotopic (exact) mass is 375 g/mol. The Labute approximate surface area is 128 Å². The second kappa shape index (κ2) is 5.28. The fourth-order valence-electron chi connectivity index (χ4n) is 1.64. The van der Waals surface area contributed by atoms with Crippen LogP contribution in [0.15, 0.2) is 26.3 Å². The van der Waals surface area contributed by atoms with Gasteiger partial charge in [-0.2, -0.15) is 4.98 Å². The molecule has 2 aromatic heterocycles. The summed E-state index contributed by atoms with van der Waals surface area (Å²) < 4.78 is 27.5. The fraction of sp³-hybridized carbons (Fsp3) is 0.200. The smallest absolute Gasteiger partial charge is 0.250 e. The molecule has 20 heavy (non-hydrogen) atoms. The van der Waals surface area contributed by atoms with Gasteiger partial charge in [-0.15, -0.1) is 11.3 Å². The van der Waals surface area contributed by atoms with Crippen molar-refractivity contribution in [2.75, 3.05) is 23.7 Å². The number of hydrogen-bond acceptors (Lipinski definition) is 7. The number of halogens is 1. The van der Waals surface area contributed by atoms with E-state index < -0.39 is 10.0 Å². The molecule has 0 unspecified atom stereocenters. The van der Waals surface area contributed by atoms with Crippen LogP contribution < -0.4 is 15.4 Å². The predicted octanol–water partition coefficient (Wildman–Crippen LogP) is 1.75. The van der Waals surface area contributed by atoms with E-state index in [-0.39, 0.29) is 10.8 Å². The van der Waals surface area contributed by atoms with Crippen molar-refractivity contribution in [2.45, 2.75) is 4.21 Å². The summed E-state index contributed by atoms with van der Waals surface area (Å²) >= 11 is 4.49. The minimum atomic E-state index is -3.46. The third kappa shape index (κ3) is 2.77. The molecular weight excluding hydrogens is 366 g/mol. The number of aromatic nitrogens is 2. The molecule has 3 N–H and O–H groups in total. The SMILES string of the molecule is O=S1(=O)NCCNc2nc(ncc2Br)Nc2csc1c2. The lowest BCUT2D eigenvalue weighted by molar-refractivity contribution is 0.585. The number of hydrogen-bond donors (Lipinski definition) is 3. The second-order valence-corrected chi connectivity index (χ2v) is 7.75. The topological polar surface area (TPSA) is 96.0 Å². The van der Waals surface area contributed by atoms with Gasteiger partial charge in [-0.05, 0) is 22.0 Å². The molecule has 0 saturated heterocycles. The van der Waals surface area contributed by atoms with Crippen LogP contribution in [0.2, 0.25) is 0 Å². The highest BCUT2D eigenvalue weighted by Crippen LogP contribution is 2.27. The Hall–Kier alpha value is -1.23. The summed E-state index contributed by atoms with van der Waals surface area (Å²) in [5.41, 5.74) is 0.643. The zero-order chi connectivity index (χ0) is 14.2. The number of thiophene rings is 1. The van der Waals surface area contributed by atoms with Gasteiger partial charge < -0.3 is 10.6 Å². The molecule has 3 heterocycles. The molecule has 3 rings (SSSR count). The molecule has 106 valence electrons. The van der Waals surface area contributed by atoms with E-state index in [1.807, 2.05) is 0 Å². The summed E-state index contributed by atoms with van der Waals surface area (Å²) in [5.74, 6) is 1.02. The molecule has 0 aromatic carbocycles. The van der Waals surface area contributed by atoms with Crippen molar-refractivity contribution in [3.8, 4) is 0 Å². The van der Waals surface area contributed by atoms with Gasteiger partial charge in [-0.1, -0.05) is 0 Å². The van der Waals surface area contributed by atoms with E-state index in [0.717, 1.165) is 11.3 Å². The number of anilines is 3. The van der Waals surface area contributed by atoms with Crippen LogP contribution in [-0.2, 0) is 10.0 Å². The van der Waals surface area contributed by atoms with Crippen molar-refractivity contribution in [1.82, 2.24) is 14.7 Å². The van der Waals surface area contributed by atoms with Crippen LogP contribution in [0.1, 0.15) is 0 Å². The van der Waals surface area contributed by atoms with Gasteiger partial charge in [0.25, 0.3) is 0 Å². The van der Waals surface area contributed by atoms with Crippen LogP contribution in [0.5, 0.6) is 0 Å². The maximum absolute atomic E-state index is 12.0. The Morgan fingerprint density at radius 2 is 2.20 bits per heavy atom. The lowest BCUT2D eigenvalue weighted by atomic mass is 10.5. The standard InChI is InChI=1S/C10H10BrN5O2S2/c11-7-4-13-10-15-6-3-8(19-5-6)20(17,18)14-2-1-12-9(7)16-10/h3-5,14H,1-2H2,(H2,12,13,15,16). The van der Waals surface area contributed by atoms with Gasteiger partial charge >= 0.3 is 0 Å². The zero-order valence-corrected chi connectivity index (χ0v) is 13.3. The zero-order valence-electron chi connectivity index (χ0n) is 10.1. The summed E-state index contributed by atoms with van der Waals surface area (Å²) in [7, 11) is -3.46. The van der Waals surface area contributed by atoms with Gasteiger partial charge in [0.15, 0.2) is 0 Å². The Balaban J connectivity index is 2.03. The van der Waals surface area contributed by atoms with Crippen molar-refractivity contribution in [1.29, 1.82) is 0 Å². The van der Waals surface area contributed by atoms with E-state index in [1.165, 1.54) is 0 Å². The van der Waals surface area contributed by atoms with Crippen molar-refractivity contribution < 1.29 is 8.42 Å². The Morgan fingerprint density at radius 1 is 1.35 bits per heavy atom. The molecule has 10 heteroatoms. The van der Waals surface area contributed by atoms with E-state index in [9.17, 15) is 8.42 Å². The predicted molar refractivity (Wildman–Crippen MR) is 81.0 cm³/mol. The molecule has 0 aliphatic carbocycles. The first-order chi connectivity index (χ1) is 9.54. The van der Waals surface area contributed by atoms with Gasteiger partial charge in [0.1, 0.15) is 10.0 Å². The first-order valence-corrected chi connectivity index (χ1v) is 8.82. The third-order valence-corrected chi connectivity index (χ3v) is 6.03. The summed E-state index contributed by atoms with van der Waals surface area (Å²) in [6.07, 6.45) is 1.64. The highest BCUT2D eigenvalue weighted by molar-refractivity contribution is 9.10. The minimum Gasteiger partial charge on any atom is -0.368 e. The van der Waals surface area contributed by atoms with Crippen LogP contribution in [0.25, 0.3) is 0 Å². The van der Waals surface area contributed by atoms with E-state index in [2.05, 4.69) is 41.3 Å². The normalized spacial score (nSPS) is 17.2. The third-order valence-electron chi connectivity index (χ3n) is 2.55. The summed E-state index contributed by atoms with van der Waals surface area (Å²) in [5, 5.41) is 7.74. The average molecular weight is 376 g/mol. The summed E-state index contributed by atoms with van der Waals surface area (Å²) in [6.45, 7) is 0.696. The van der Waals surface area contributed by atoms with Crippen molar-refractivity contribution in [2.24, 2.45) is 0 Å². The van der Waals surface area contributed by atoms with Crippen LogP contribution in [0.4, 0.5) is 17.5 Å². The first kappa shape index (κ1) is 13.7. The van der Waals surface area contributed by atoms with Crippen LogP contribution in [0, 0.1) is 0 Å². The van der Waals surface area contributed by atoms with E-state index in [0.29, 0.717) is 28.5 Å². The first-order valence-electron chi connectivity index (χ1n) is 5.66. The minimum absolute atomic E-state index is 0.262. The molecule has 0 atom stereocenters. The molecular formula is C10H10BrN5O2S2. The van der Waals surface area contributed by atoms with Gasteiger partial charge in [0.05, 0.1) is 10.2 Å². The highest BCUT2D eigenvalue weighted by Gasteiger charge is 2.17. The summed E-state index contributed by atoms with van der Waals surface area (Å²) in [6, 6.07) is 1.56. The second-order valence-electron chi connectivity index (χ2n) is 3.99. The van der Waals surface area contributed by atoms with Crippen LogP contribution >= 0.6 is 27.3 Å². The maximum Gasteiger partial charge on any atom is 0.250 e. The largest absolute Gasteiger partial charge is 0.368 e. The van der Waals surface area contributed by atoms with Crippen molar-refractivity contribution in [3.05, 3.63) is 22.1 Å². The van der Waals surface area contributed by atoms with E-state index in [1.54, 1.807) is 17.6 Å². The van der Waals surface area contributed by atoms with Gasteiger partial charge in [0.2, 0.25) is 16.0 Å². The molecule has 1 aliphatic heterocycles. The van der Waals surface area contributed by atoms with E-state index in [4.69, 9.17) is 0 Å². The lowest BCUT2D eigenvalue weighted by Gasteiger charge is -2.11. The highest BCUT2D eigenvalue weighted by atomic mass is 79.9. The van der Waals surface area contributed by atoms with E-state index >= 15 is 0 Å². The van der Waals surface area contributed by atoms with Gasteiger partial charge in [-0.25, -0.2) is 18.1 Å². The Kier molecular flexibility index (Phi) is 3.63. The molecule has 0 spiro atoms. The number of nitrogens with zero attached hydrogens (tertiary/aromatic N) is 2. The molecule has 0 radical (unpaired) electrons. The van der Waals surface area contributed by atoms with Crippen LogP contribution in [-0.4, -0.2) is 31.5 Å². The Morgan fingerprint density at radius 3 is 3.05 bits per heavy atom. The molecule has 0 fully saturated rings. The number of rotatable bonds is 0. The van der Waals surface area contributed by atoms with Gasteiger partial charge in [0, 0.05) is 24.7 Å². The molecule has 1 aliphatic rings. The van der Waals surface area contributed by atoms with Crippen molar-refractivity contribution in [3.63, 3.8) is 0 Å². The molecule has 0 saturated carbocycles. The van der Waals surface area contributed by atoms with Gasteiger partial charge in [-0.3, -0.25) is 0 Å². The quantitative estimate of drug-likeness (QED) is 0.648. The number of sulfonamides is 1. The molecule has 2 aromatic rings. The maximum atomic E-state index is 12.0. The molecule has 7 nitrogen and oxygen atoms in total.